The Kier molecular flexibility index (Phi) is 2.01. The molecule has 15 heavy (non-hydrogen) atoms. The number of benzene rings is 1. The van der Waals surface area contributed by atoms with Crippen molar-refractivity contribution >= 4 is 10.9 Å². The largest absolute Gasteiger partial charge is 0.313 e. The average molecular weight is 199 g/mol. The zero-order chi connectivity index (χ0) is 11.0. The maximum atomic E-state index is 11.5. The lowest BCUT2D eigenvalue weighted by Gasteiger charge is -2.05. The summed E-state index contributed by atoms with van der Waals surface area (Å²) in [7, 11) is 0. The predicted molar refractivity (Wildman–Crippen MR) is 56.6 cm³/mol. The first kappa shape index (κ1) is 9.41. The molecule has 0 aliphatic carbocycles. The monoisotopic (exact) mass is 199 g/mol. The lowest BCUT2D eigenvalue weighted by atomic mass is 10.0. The number of nitrogens with zero attached hydrogens (tertiary/aromatic N) is 2. The molecule has 0 bridgehead atoms. The molecule has 0 fully saturated rings. The first-order valence-corrected chi connectivity index (χ1v) is 4.53. The lowest BCUT2D eigenvalue weighted by Crippen LogP contribution is -2.08. The SMILES string of the molecule is Cc1cc2c(=O)[nH]cnc2c(C#N)c1C. The highest BCUT2D eigenvalue weighted by Crippen LogP contribution is 2.20. The summed E-state index contributed by atoms with van der Waals surface area (Å²) in [5.74, 6) is 0. The maximum Gasteiger partial charge on any atom is 0.258 e. The summed E-state index contributed by atoms with van der Waals surface area (Å²) < 4.78 is 0. The minimum atomic E-state index is -0.209. The van der Waals surface area contributed by atoms with E-state index in [1.54, 1.807) is 6.07 Å². The highest BCUT2D eigenvalue weighted by molar-refractivity contribution is 5.85. The van der Waals surface area contributed by atoms with Crippen LogP contribution < -0.4 is 5.56 Å². The van der Waals surface area contributed by atoms with Gasteiger partial charge in [-0.05, 0) is 31.0 Å². The lowest BCUT2D eigenvalue weighted by molar-refractivity contribution is 1.16. The van der Waals surface area contributed by atoms with E-state index in [1.165, 1.54) is 6.33 Å². The summed E-state index contributed by atoms with van der Waals surface area (Å²) in [4.78, 5) is 18.0. The third kappa shape index (κ3) is 1.29. The fraction of sp³-hybridized carbons (Fsp3) is 0.182. The van der Waals surface area contributed by atoms with E-state index in [4.69, 9.17) is 5.26 Å². The van der Waals surface area contributed by atoms with Gasteiger partial charge in [-0.15, -0.1) is 0 Å². The molecule has 0 aliphatic rings. The van der Waals surface area contributed by atoms with E-state index in [9.17, 15) is 4.79 Å². The number of hydrogen-bond acceptors (Lipinski definition) is 3. The van der Waals surface area contributed by atoms with Crippen LogP contribution in [0.2, 0.25) is 0 Å². The van der Waals surface area contributed by atoms with Gasteiger partial charge in [-0.25, -0.2) is 4.98 Å². The van der Waals surface area contributed by atoms with Crippen molar-refractivity contribution in [1.82, 2.24) is 9.97 Å². The van der Waals surface area contributed by atoms with E-state index in [-0.39, 0.29) is 5.56 Å². The van der Waals surface area contributed by atoms with Crippen molar-refractivity contribution in [1.29, 1.82) is 5.26 Å². The molecule has 0 aliphatic heterocycles. The topological polar surface area (TPSA) is 69.5 Å². The molecular formula is C11H9N3O. The summed E-state index contributed by atoms with van der Waals surface area (Å²) in [6.45, 7) is 3.73. The van der Waals surface area contributed by atoms with Crippen LogP contribution in [0.1, 0.15) is 16.7 Å². The molecule has 1 N–H and O–H groups in total. The third-order valence-electron chi connectivity index (χ3n) is 2.56. The Morgan fingerprint density at radius 1 is 1.47 bits per heavy atom. The van der Waals surface area contributed by atoms with Crippen molar-refractivity contribution < 1.29 is 0 Å². The molecule has 0 spiro atoms. The van der Waals surface area contributed by atoms with Crippen LogP contribution in [0.25, 0.3) is 10.9 Å². The molecule has 4 heteroatoms. The van der Waals surface area contributed by atoms with Crippen LogP contribution in [-0.2, 0) is 0 Å². The Bertz CT molecular complexity index is 635. The van der Waals surface area contributed by atoms with Gasteiger partial charge in [0.15, 0.2) is 0 Å². The normalized spacial score (nSPS) is 10.2. The Morgan fingerprint density at radius 2 is 2.20 bits per heavy atom. The third-order valence-corrected chi connectivity index (χ3v) is 2.56. The summed E-state index contributed by atoms with van der Waals surface area (Å²) in [6, 6.07) is 3.85. The molecule has 0 radical (unpaired) electrons. The van der Waals surface area contributed by atoms with E-state index < -0.39 is 0 Å². The Labute approximate surface area is 86.2 Å². The second-order valence-electron chi connectivity index (χ2n) is 3.43. The number of aromatic nitrogens is 2. The molecule has 0 saturated carbocycles. The first-order valence-electron chi connectivity index (χ1n) is 4.53. The van der Waals surface area contributed by atoms with Gasteiger partial charge in [-0.2, -0.15) is 5.26 Å². The van der Waals surface area contributed by atoms with Crippen LogP contribution in [0.4, 0.5) is 0 Å². The van der Waals surface area contributed by atoms with Crippen molar-refractivity contribution in [3.63, 3.8) is 0 Å². The zero-order valence-electron chi connectivity index (χ0n) is 8.46. The highest BCUT2D eigenvalue weighted by atomic mass is 16.1. The Balaban J connectivity index is 3.10. The number of nitrogens with one attached hydrogen (secondary N) is 1. The second kappa shape index (κ2) is 3.21. The smallest absolute Gasteiger partial charge is 0.258 e. The van der Waals surface area contributed by atoms with Crippen molar-refractivity contribution in [3.8, 4) is 6.07 Å². The van der Waals surface area contributed by atoms with E-state index in [2.05, 4.69) is 16.0 Å². The molecule has 2 aromatic rings. The molecule has 74 valence electrons. The number of hydrogen-bond donors (Lipinski definition) is 1. The maximum absolute atomic E-state index is 11.5. The number of rotatable bonds is 0. The van der Waals surface area contributed by atoms with Gasteiger partial charge >= 0.3 is 0 Å². The summed E-state index contributed by atoms with van der Waals surface area (Å²) in [6.07, 6.45) is 1.32. The Morgan fingerprint density at radius 3 is 2.87 bits per heavy atom. The van der Waals surface area contributed by atoms with Gasteiger partial charge in [-0.3, -0.25) is 4.79 Å². The van der Waals surface area contributed by atoms with Crippen LogP contribution in [0.5, 0.6) is 0 Å². The number of fused-ring (bicyclic) bond motifs is 1. The summed E-state index contributed by atoms with van der Waals surface area (Å²) in [5.41, 5.74) is 2.56. The van der Waals surface area contributed by atoms with Crippen LogP contribution in [-0.4, -0.2) is 9.97 Å². The van der Waals surface area contributed by atoms with E-state index in [0.29, 0.717) is 16.5 Å². The molecular weight excluding hydrogens is 190 g/mol. The summed E-state index contributed by atoms with van der Waals surface area (Å²) in [5, 5.41) is 9.50. The Hall–Kier alpha value is -2.15. The summed E-state index contributed by atoms with van der Waals surface area (Å²) >= 11 is 0. The minimum absolute atomic E-state index is 0.209. The van der Waals surface area contributed by atoms with Gasteiger partial charge in [0.1, 0.15) is 6.07 Å². The second-order valence-corrected chi connectivity index (χ2v) is 3.43. The average Bonchev–Trinajstić information content (AvgIpc) is 2.22. The van der Waals surface area contributed by atoms with Gasteiger partial charge in [0.25, 0.3) is 5.56 Å². The number of aryl methyl sites for hydroxylation is 1. The predicted octanol–water partition coefficient (Wildman–Crippen LogP) is 1.41. The van der Waals surface area contributed by atoms with Gasteiger partial charge < -0.3 is 4.98 Å². The molecule has 0 unspecified atom stereocenters. The van der Waals surface area contributed by atoms with Crippen LogP contribution in [0.3, 0.4) is 0 Å². The number of nitriles is 1. The first-order chi connectivity index (χ1) is 7.15. The quantitative estimate of drug-likeness (QED) is 0.697. The molecule has 1 aromatic carbocycles. The zero-order valence-corrected chi connectivity index (χ0v) is 8.46. The van der Waals surface area contributed by atoms with E-state index in [0.717, 1.165) is 11.1 Å². The van der Waals surface area contributed by atoms with Gasteiger partial charge in [0.05, 0.1) is 22.8 Å². The van der Waals surface area contributed by atoms with Crippen LogP contribution >= 0.6 is 0 Å². The van der Waals surface area contributed by atoms with Crippen molar-refractivity contribution in [2.24, 2.45) is 0 Å². The van der Waals surface area contributed by atoms with Crippen molar-refractivity contribution in [2.75, 3.05) is 0 Å². The molecule has 0 amide bonds. The fourth-order valence-corrected chi connectivity index (χ4v) is 1.58. The number of H-pyrrole nitrogens is 1. The van der Waals surface area contributed by atoms with Crippen LogP contribution in [0, 0.1) is 25.2 Å². The molecule has 1 heterocycles. The highest BCUT2D eigenvalue weighted by Gasteiger charge is 2.10. The van der Waals surface area contributed by atoms with Crippen molar-refractivity contribution in [2.45, 2.75) is 13.8 Å². The number of aromatic amines is 1. The minimum Gasteiger partial charge on any atom is -0.313 e. The molecule has 4 nitrogen and oxygen atoms in total. The molecule has 0 saturated heterocycles. The fourth-order valence-electron chi connectivity index (χ4n) is 1.58. The molecule has 2 rings (SSSR count). The van der Waals surface area contributed by atoms with Crippen molar-refractivity contribution in [3.05, 3.63) is 39.4 Å². The van der Waals surface area contributed by atoms with E-state index >= 15 is 0 Å². The standard InChI is InChI=1S/C11H9N3O/c1-6-3-8-10(9(4-12)7(6)2)13-5-14-11(8)15/h3,5H,1-2H3,(H,13,14,15). The van der Waals surface area contributed by atoms with Gasteiger partial charge in [0, 0.05) is 0 Å². The molecule has 0 atom stereocenters. The van der Waals surface area contributed by atoms with Crippen LogP contribution in [0.15, 0.2) is 17.2 Å². The van der Waals surface area contributed by atoms with Gasteiger partial charge in [-0.1, -0.05) is 0 Å². The van der Waals surface area contributed by atoms with E-state index in [1.807, 2.05) is 13.8 Å². The molecule has 1 aromatic heterocycles. The van der Waals surface area contributed by atoms with Gasteiger partial charge in [0.2, 0.25) is 0 Å².